The number of halogens is 1. The first-order valence-corrected chi connectivity index (χ1v) is 11.2. The number of ether oxygens (including phenoxy) is 1. The van der Waals surface area contributed by atoms with Crippen LogP contribution in [-0.2, 0) is 9.36 Å². The van der Waals surface area contributed by atoms with Crippen LogP contribution >= 0.6 is 19.2 Å². The molecule has 0 aliphatic heterocycles. The van der Waals surface area contributed by atoms with E-state index in [-0.39, 0.29) is 24.1 Å². The minimum Gasteiger partial charge on any atom is -0.489 e. The molecule has 29 heavy (non-hydrogen) atoms. The lowest BCUT2D eigenvalue weighted by Gasteiger charge is -2.19. The summed E-state index contributed by atoms with van der Waals surface area (Å²) in [5.41, 5.74) is -0.516. The predicted molar refractivity (Wildman–Crippen MR) is 112 cm³/mol. The Morgan fingerprint density at radius 3 is 2.31 bits per heavy atom. The van der Waals surface area contributed by atoms with Crippen molar-refractivity contribution in [2.24, 2.45) is 5.92 Å². The van der Waals surface area contributed by atoms with Gasteiger partial charge in [-0.3, -0.25) is 9.36 Å². The molecule has 2 rings (SSSR count). The molecule has 1 amide bonds. The molecule has 1 aromatic carbocycles. The van der Waals surface area contributed by atoms with Crippen LogP contribution in [0.4, 0.5) is 5.69 Å². The van der Waals surface area contributed by atoms with E-state index in [1.54, 1.807) is 32.0 Å². The SMILES string of the molecule is CC(C)CC(C(=O)Nc1cnc(-c2ccc(OC(C)C)c(Cl)c2)nc1)P(=O)(O)O. The fourth-order valence-electron chi connectivity index (χ4n) is 2.60. The summed E-state index contributed by atoms with van der Waals surface area (Å²) in [6.45, 7) is 7.38. The Morgan fingerprint density at radius 1 is 1.21 bits per heavy atom. The molecular weight excluding hydrogens is 417 g/mol. The van der Waals surface area contributed by atoms with Gasteiger partial charge in [0.05, 0.1) is 29.2 Å². The Morgan fingerprint density at radius 2 is 1.83 bits per heavy atom. The number of benzene rings is 1. The van der Waals surface area contributed by atoms with E-state index in [4.69, 9.17) is 16.3 Å². The van der Waals surface area contributed by atoms with Crippen molar-refractivity contribution in [3.8, 4) is 17.1 Å². The number of anilines is 1. The van der Waals surface area contributed by atoms with Crippen molar-refractivity contribution in [1.29, 1.82) is 0 Å². The molecule has 0 saturated heterocycles. The van der Waals surface area contributed by atoms with Gasteiger partial charge in [0.15, 0.2) is 5.82 Å². The lowest BCUT2D eigenvalue weighted by molar-refractivity contribution is -0.116. The fourth-order valence-corrected chi connectivity index (χ4v) is 3.89. The smallest absolute Gasteiger partial charge is 0.337 e. The van der Waals surface area contributed by atoms with Crippen LogP contribution in [-0.4, -0.2) is 37.4 Å². The summed E-state index contributed by atoms with van der Waals surface area (Å²) in [6.07, 6.45) is 2.81. The molecule has 1 atom stereocenters. The maximum atomic E-state index is 12.3. The number of nitrogens with one attached hydrogen (secondary N) is 1. The van der Waals surface area contributed by atoms with Gasteiger partial charge in [-0.25, -0.2) is 9.97 Å². The van der Waals surface area contributed by atoms with Crippen molar-refractivity contribution >= 4 is 30.8 Å². The van der Waals surface area contributed by atoms with Gasteiger partial charge >= 0.3 is 7.60 Å². The van der Waals surface area contributed by atoms with Gasteiger partial charge in [-0.15, -0.1) is 0 Å². The third-order valence-electron chi connectivity index (χ3n) is 3.88. The summed E-state index contributed by atoms with van der Waals surface area (Å²) < 4.78 is 17.2. The molecule has 0 bridgehead atoms. The van der Waals surface area contributed by atoms with Gasteiger partial charge in [-0.2, -0.15) is 0 Å². The lowest BCUT2D eigenvalue weighted by Crippen LogP contribution is -2.29. The highest BCUT2D eigenvalue weighted by atomic mass is 35.5. The summed E-state index contributed by atoms with van der Waals surface area (Å²) in [5, 5.41) is 2.90. The molecule has 158 valence electrons. The first kappa shape index (κ1) is 23.3. The average Bonchev–Trinajstić information content (AvgIpc) is 2.60. The third kappa shape index (κ3) is 6.78. The maximum Gasteiger partial charge on any atom is 0.337 e. The molecule has 2 aromatic rings. The molecule has 3 N–H and O–H groups in total. The van der Waals surface area contributed by atoms with Crippen LogP contribution in [0.1, 0.15) is 34.1 Å². The van der Waals surface area contributed by atoms with Crippen LogP contribution in [0.15, 0.2) is 30.6 Å². The second-order valence-corrected chi connectivity index (χ2v) is 9.54. The zero-order valence-electron chi connectivity index (χ0n) is 16.7. The van der Waals surface area contributed by atoms with Crippen LogP contribution in [0.5, 0.6) is 5.75 Å². The zero-order chi connectivity index (χ0) is 21.8. The standard InChI is InChI=1S/C19H25ClN3O5P/c1-11(2)7-17(29(25,26)27)19(24)23-14-9-21-18(22-10-14)13-5-6-16(15(20)8-13)28-12(3)4/h5-6,8-12,17H,7H2,1-4H3,(H,23,24)(H2,25,26,27). The van der Waals surface area contributed by atoms with E-state index in [0.29, 0.717) is 22.2 Å². The van der Waals surface area contributed by atoms with Gasteiger partial charge < -0.3 is 19.8 Å². The normalized spacial score (nSPS) is 12.9. The number of rotatable bonds is 8. The van der Waals surface area contributed by atoms with Crippen LogP contribution in [0, 0.1) is 5.92 Å². The number of hydrogen-bond donors (Lipinski definition) is 3. The molecule has 0 saturated carbocycles. The van der Waals surface area contributed by atoms with Crippen LogP contribution in [0.25, 0.3) is 11.4 Å². The Balaban J connectivity index is 2.15. The lowest BCUT2D eigenvalue weighted by atomic mass is 10.1. The topological polar surface area (TPSA) is 122 Å². The highest BCUT2D eigenvalue weighted by molar-refractivity contribution is 7.53. The quantitative estimate of drug-likeness (QED) is 0.527. The van der Waals surface area contributed by atoms with Crippen LogP contribution < -0.4 is 10.1 Å². The number of carbonyl (C=O) groups is 1. The first-order valence-electron chi connectivity index (χ1n) is 9.12. The van der Waals surface area contributed by atoms with Crippen molar-refractivity contribution < 1.29 is 23.9 Å². The van der Waals surface area contributed by atoms with Gasteiger partial charge in [0.25, 0.3) is 0 Å². The second-order valence-electron chi connectivity index (χ2n) is 7.33. The summed E-state index contributed by atoms with van der Waals surface area (Å²) in [7, 11) is -4.58. The van der Waals surface area contributed by atoms with Gasteiger partial charge in [0.2, 0.25) is 5.91 Å². The molecule has 0 spiro atoms. The molecule has 0 radical (unpaired) electrons. The Labute approximate surface area is 174 Å². The zero-order valence-corrected chi connectivity index (χ0v) is 18.3. The maximum absolute atomic E-state index is 12.3. The molecule has 1 aromatic heterocycles. The van der Waals surface area contributed by atoms with E-state index in [1.165, 1.54) is 12.4 Å². The van der Waals surface area contributed by atoms with E-state index >= 15 is 0 Å². The van der Waals surface area contributed by atoms with Gasteiger partial charge in [-0.1, -0.05) is 25.4 Å². The van der Waals surface area contributed by atoms with Crippen molar-refractivity contribution in [3.63, 3.8) is 0 Å². The molecule has 1 heterocycles. The van der Waals surface area contributed by atoms with Crippen molar-refractivity contribution in [3.05, 3.63) is 35.6 Å². The second kappa shape index (κ2) is 9.67. The summed E-state index contributed by atoms with van der Waals surface area (Å²) in [6, 6.07) is 5.18. The summed E-state index contributed by atoms with van der Waals surface area (Å²) >= 11 is 6.23. The minimum absolute atomic E-state index is 0.00911. The van der Waals surface area contributed by atoms with Gasteiger partial charge in [-0.05, 0) is 44.4 Å². The number of amides is 1. The van der Waals surface area contributed by atoms with E-state index in [2.05, 4.69) is 15.3 Å². The monoisotopic (exact) mass is 441 g/mol. The molecule has 8 nitrogen and oxygen atoms in total. The Bertz CT molecular complexity index is 899. The van der Waals surface area contributed by atoms with Crippen molar-refractivity contribution in [2.45, 2.75) is 45.9 Å². The van der Waals surface area contributed by atoms with E-state index in [0.717, 1.165) is 0 Å². The van der Waals surface area contributed by atoms with Crippen molar-refractivity contribution in [1.82, 2.24) is 9.97 Å². The number of nitrogens with zero attached hydrogens (tertiary/aromatic N) is 2. The first-order chi connectivity index (χ1) is 13.5. The van der Waals surface area contributed by atoms with Crippen LogP contribution in [0.3, 0.4) is 0 Å². The largest absolute Gasteiger partial charge is 0.489 e. The van der Waals surface area contributed by atoms with E-state index in [1.807, 2.05) is 13.8 Å². The molecule has 0 aliphatic carbocycles. The molecular formula is C19H25ClN3O5P. The highest BCUT2D eigenvalue weighted by Crippen LogP contribution is 2.44. The average molecular weight is 442 g/mol. The van der Waals surface area contributed by atoms with E-state index in [9.17, 15) is 19.1 Å². The Hall–Kier alpha value is -1.99. The van der Waals surface area contributed by atoms with E-state index < -0.39 is 19.2 Å². The predicted octanol–water partition coefficient (Wildman–Crippen LogP) is 4.12. The third-order valence-corrected chi connectivity index (χ3v) is 5.43. The molecule has 1 unspecified atom stereocenters. The summed E-state index contributed by atoms with van der Waals surface area (Å²) in [5.74, 6) is 0.128. The number of hydrogen-bond acceptors (Lipinski definition) is 5. The van der Waals surface area contributed by atoms with Gasteiger partial charge in [0.1, 0.15) is 11.4 Å². The molecule has 0 aliphatic rings. The summed E-state index contributed by atoms with van der Waals surface area (Å²) in [4.78, 5) is 39.7. The fraction of sp³-hybridized carbons (Fsp3) is 0.421. The Kier molecular flexibility index (Phi) is 7.77. The minimum atomic E-state index is -4.58. The van der Waals surface area contributed by atoms with Gasteiger partial charge in [0, 0.05) is 5.56 Å². The number of carbonyl (C=O) groups excluding carboxylic acids is 1. The molecule has 0 fully saturated rings. The highest BCUT2D eigenvalue weighted by Gasteiger charge is 2.36. The number of aromatic nitrogens is 2. The van der Waals surface area contributed by atoms with Crippen molar-refractivity contribution in [2.75, 3.05) is 5.32 Å². The molecule has 10 heteroatoms. The van der Waals surface area contributed by atoms with Crippen LogP contribution in [0.2, 0.25) is 5.02 Å².